The molecule has 0 bridgehead atoms. The summed E-state index contributed by atoms with van der Waals surface area (Å²) < 4.78 is 0. The van der Waals surface area contributed by atoms with E-state index in [4.69, 9.17) is 5.73 Å². The maximum atomic E-state index is 9.44. The normalized spacial score (nSPS) is 15.4. The highest BCUT2D eigenvalue weighted by molar-refractivity contribution is 4.65. The predicted octanol–water partition coefficient (Wildman–Crippen LogP) is 2.84. The minimum absolute atomic E-state index is 0.0740. The lowest BCUT2D eigenvalue weighted by molar-refractivity contribution is 0.138. The molecule has 0 aliphatic heterocycles. The molecular formula is C12H27NO. The molecule has 0 rings (SSSR count). The molecule has 0 aromatic rings. The van der Waals surface area contributed by atoms with Crippen molar-refractivity contribution in [3.8, 4) is 0 Å². The molecule has 0 fully saturated rings. The molecule has 2 heteroatoms. The zero-order chi connectivity index (χ0) is 10.8. The van der Waals surface area contributed by atoms with Crippen LogP contribution >= 0.6 is 0 Å². The first kappa shape index (κ1) is 13.9. The summed E-state index contributed by atoms with van der Waals surface area (Å²) in [6, 6.07) is -0.0740. The first-order chi connectivity index (χ1) is 6.68. The summed E-state index contributed by atoms with van der Waals surface area (Å²) >= 11 is 0. The second-order valence-corrected chi connectivity index (χ2v) is 4.34. The van der Waals surface area contributed by atoms with Crippen molar-refractivity contribution in [3.63, 3.8) is 0 Å². The van der Waals surface area contributed by atoms with Gasteiger partial charge in [-0.1, -0.05) is 51.9 Å². The van der Waals surface area contributed by atoms with Gasteiger partial charge in [-0.05, 0) is 13.3 Å². The van der Waals surface area contributed by atoms with Crippen molar-refractivity contribution in [2.24, 2.45) is 5.73 Å². The summed E-state index contributed by atoms with van der Waals surface area (Å²) in [4.78, 5) is 0. The van der Waals surface area contributed by atoms with Crippen molar-refractivity contribution in [2.45, 2.75) is 77.4 Å². The minimum atomic E-state index is -0.300. The Morgan fingerprint density at radius 3 is 2.00 bits per heavy atom. The minimum Gasteiger partial charge on any atom is -0.392 e. The maximum absolute atomic E-state index is 9.44. The molecule has 14 heavy (non-hydrogen) atoms. The Kier molecular flexibility index (Phi) is 9.42. The van der Waals surface area contributed by atoms with E-state index in [1.54, 1.807) is 0 Å². The van der Waals surface area contributed by atoms with Gasteiger partial charge in [-0.25, -0.2) is 0 Å². The van der Waals surface area contributed by atoms with Crippen molar-refractivity contribution in [2.75, 3.05) is 0 Å². The third-order valence-electron chi connectivity index (χ3n) is 2.71. The Hall–Kier alpha value is -0.0800. The summed E-state index contributed by atoms with van der Waals surface area (Å²) in [5, 5.41) is 9.44. The van der Waals surface area contributed by atoms with Crippen molar-refractivity contribution < 1.29 is 5.11 Å². The van der Waals surface area contributed by atoms with Gasteiger partial charge in [0.15, 0.2) is 0 Å². The highest BCUT2D eigenvalue weighted by Crippen LogP contribution is 2.10. The maximum Gasteiger partial charge on any atom is 0.0688 e. The standard InChI is InChI=1S/C12H27NO/c1-3-4-5-6-7-8-9-10-12(14)11(2)13/h11-12,14H,3-10,13H2,1-2H3/t11-,12+/m1/s1. The molecule has 2 nitrogen and oxygen atoms in total. The Morgan fingerprint density at radius 2 is 1.50 bits per heavy atom. The van der Waals surface area contributed by atoms with Crippen LogP contribution in [0.4, 0.5) is 0 Å². The Bertz CT molecular complexity index is 115. The van der Waals surface area contributed by atoms with E-state index < -0.39 is 0 Å². The average molecular weight is 201 g/mol. The van der Waals surface area contributed by atoms with E-state index in [1.807, 2.05) is 6.92 Å². The lowest BCUT2D eigenvalue weighted by Gasteiger charge is -2.13. The van der Waals surface area contributed by atoms with Gasteiger partial charge in [0.05, 0.1) is 6.10 Å². The van der Waals surface area contributed by atoms with E-state index in [-0.39, 0.29) is 12.1 Å². The van der Waals surface area contributed by atoms with Gasteiger partial charge in [0.1, 0.15) is 0 Å². The molecule has 0 saturated carbocycles. The number of nitrogens with two attached hydrogens (primary N) is 1. The zero-order valence-electron chi connectivity index (χ0n) is 9.84. The van der Waals surface area contributed by atoms with Crippen LogP contribution in [0.2, 0.25) is 0 Å². The van der Waals surface area contributed by atoms with Gasteiger partial charge in [-0.2, -0.15) is 0 Å². The second kappa shape index (κ2) is 9.47. The zero-order valence-corrected chi connectivity index (χ0v) is 9.84. The summed E-state index contributed by atoms with van der Waals surface area (Å²) in [5.41, 5.74) is 5.57. The fourth-order valence-electron chi connectivity index (χ4n) is 1.57. The van der Waals surface area contributed by atoms with Gasteiger partial charge < -0.3 is 10.8 Å². The molecule has 2 atom stereocenters. The fourth-order valence-corrected chi connectivity index (χ4v) is 1.57. The van der Waals surface area contributed by atoms with Gasteiger partial charge in [0.2, 0.25) is 0 Å². The molecule has 0 heterocycles. The quantitative estimate of drug-likeness (QED) is 0.563. The summed E-state index contributed by atoms with van der Waals surface area (Å²) in [6.07, 6.45) is 9.63. The molecule has 0 amide bonds. The van der Waals surface area contributed by atoms with Crippen molar-refractivity contribution in [3.05, 3.63) is 0 Å². The smallest absolute Gasteiger partial charge is 0.0688 e. The molecule has 0 aliphatic carbocycles. The molecule has 0 aromatic carbocycles. The van der Waals surface area contributed by atoms with E-state index in [2.05, 4.69) is 6.92 Å². The number of aliphatic hydroxyl groups is 1. The molecule has 0 aliphatic rings. The Morgan fingerprint density at radius 1 is 1.00 bits per heavy atom. The first-order valence-electron chi connectivity index (χ1n) is 6.12. The largest absolute Gasteiger partial charge is 0.392 e. The van der Waals surface area contributed by atoms with Gasteiger partial charge >= 0.3 is 0 Å². The lowest BCUT2D eigenvalue weighted by Crippen LogP contribution is -2.31. The molecule has 0 unspecified atom stereocenters. The third-order valence-corrected chi connectivity index (χ3v) is 2.71. The molecule has 0 spiro atoms. The van der Waals surface area contributed by atoms with Crippen LogP contribution in [0, 0.1) is 0 Å². The van der Waals surface area contributed by atoms with Gasteiger partial charge in [0.25, 0.3) is 0 Å². The van der Waals surface area contributed by atoms with E-state index >= 15 is 0 Å². The molecule has 0 radical (unpaired) electrons. The topological polar surface area (TPSA) is 46.2 Å². The van der Waals surface area contributed by atoms with Crippen molar-refractivity contribution >= 4 is 0 Å². The second-order valence-electron chi connectivity index (χ2n) is 4.34. The number of unbranched alkanes of at least 4 members (excludes halogenated alkanes) is 6. The van der Waals surface area contributed by atoms with E-state index in [1.165, 1.54) is 38.5 Å². The van der Waals surface area contributed by atoms with E-state index in [0.717, 1.165) is 12.8 Å². The number of hydrogen-bond acceptors (Lipinski definition) is 2. The number of rotatable bonds is 9. The van der Waals surface area contributed by atoms with Gasteiger partial charge in [-0.3, -0.25) is 0 Å². The third kappa shape index (κ3) is 8.52. The fraction of sp³-hybridized carbons (Fsp3) is 1.00. The van der Waals surface area contributed by atoms with Crippen LogP contribution in [0.15, 0.2) is 0 Å². The number of aliphatic hydroxyl groups excluding tert-OH is 1. The van der Waals surface area contributed by atoms with Crippen molar-refractivity contribution in [1.29, 1.82) is 0 Å². The molecule has 3 N–H and O–H groups in total. The van der Waals surface area contributed by atoms with Crippen LogP contribution < -0.4 is 5.73 Å². The van der Waals surface area contributed by atoms with Crippen molar-refractivity contribution in [1.82, 2.24) is 0 Å². The number of hydrogen-bond donors (Lipinski definition) is 2. The van der Waals surface area contributed by atoms with Crippen LogP contribution in [0.1, 0.15) is 65.2 Å². The summed E-state index contributed by atoms with van der Waals surface area (Å²) in [6.45, 7) is 4.10. The van der Waals surface area contributed by atoms with Crippen LogP contribution in [0.25, 0.3) is 0 Å². The molecule has 0 saturated heterocycles. The van der Waals surface area contributed by atoms with Crippen LogP contribution in [0.5, 0.6) is 0 Å². The Balaban J connectivity index is 3.06. The van der Waals surface area contributed by atoms with E-state index in [0.29, 0.717) is 0 Å². The van der Waals surface area contributed by atoms with Gasteiger partial charge in [-0.15, -0.1) is 0 Å². The first-order valence-corrected chi connectivity index (χ1v) is 6.12. The average Bonchev–Trinajstić information content (AvgIpc) is 2.16. The SMILES string of the molecule is CCCCCCCCC[C@H](O)[C@@H](C)N. The van der Waals surface area contributed by atoms with Crippen LogP contribution in [0.3, 0.4) is 0 Å². The Labute approximate surface area is 88.9 Å². The molecule has 0 aromatic heterocycles. The molecular weight excluding hydrogens is 174 g/mol. The van der Waals surface area contributed by atoms with Crippen LogP contribution in [-0.2, 0) is 0 Å². The summed E-state index contributed by atoms with van der Waals surface area (Å²) in [7, 11) is 0. The summed E-state index contributed by atoms with van der Waals surface area (Å²) in [5.74, 6) is 0. The van der Waals surface area contributed by atoms with E-state index in [9.17, 15) is 5.11 Å². The highest BCUT2D eigenvalue weighted by Gasteiger charge is 2.07. The van der Waals surface area contributed by atoms with Gasteiger partial charge in [0, 0.05) is 6.04 Å². The molecule has 86 valence electrons. The monoisotopic (exact) mass is 201 g/mol. The lowest BCUT2D eigenvalue weighted by atomic mass is 10.0. The highest BCUT2D eigenvalue weighted by atomic mass is 16.3. The predicted molar refractivity (Wildman–Crippen MR) is 62.3 cm³/mol. The van der Waals surface area contributed by atoms with Crippen LogP contribution in [-0.4, -0.2) is 17.3 Å².